The van der Waals surface area contributed by atoms with Gasteiger partial charge in [-0.1, -0.05) is 49.0 Å². The lowest BCUT2D eigenvalue weighted by Gasteiger charge is -2.12. The van der Waals surface area contributed by atoms with Gasteiger partial charge in [0.1, 0.15) is 0 Å². The lowest BCUT2D eigenvalue weighted by molar-refractivity contribution is -0.121. The van der Waals surface area contributed by atoms with Crippen LogP contribution in [0.2, 0.25) is 0 Å². The van der Waals surface area contributed by atoms with E-state index in [0.29, 0.717) is 4.83 Å². The summed E-state index contributed by atoms with van der Waals surface area (Å²) in [5.74, 6) is -0.203. The third kappa shape index (κ3) is 7.05. The Labute approximate surface area is 89.4 Å². The zero-order chi connectivity index (χ0) is 10.3. The number of halogens is 1. The standard InChI is InChI=1S/C10H20BrNO/c1-3-4-5-6-9(11)7-8(2)10(12)13/h8-9H,3-7H2,1-2H3,(H2,12,13). The number of hydrogen-bond donors (Lipinski definition) is 1. The molecule has 0 saturated carbocycles. The number of rotatable bonds is 7. The Balaban J connectivity index is 3.49. The first-order valence-electron chi connectivity index (χ1n) is 5.01. The predicted octanol–water partition coefficient (Wildman–Crippen LogP) is 2.84. The van der Waals surface area contributed by atoms with Crippen molar-refractivity contribution in [3.63, 3.8) is 0 Å². The molecule has 2 nitrogen and oxygen atoms in total. The Morgan fingerprint density at radius 1 is 1.46 bits per heavy atom. The van der Waals surface area contributed by atoms with Crippen molar-refractivity contribution in [3.8, 4) is 0 Å². The quantitative estimate of drug-likeness (QED) is 0.548. The first-order chi connectivity index (χ1) is 6.07. The zero-order valence-electron chi connectivity index (χ0n) is 8.55. The minimum Gasteiger partial charge on any atom is -0.369 e. The molecule has 13 heavy (non-hydrogen) atoms. The normalized spacial score (nSPS) is 15.3. The second kappa shape index (κ2) is 7.36. The van der Waals surface area contributed by atoms with Gasteiger partial charge in [-0.05, 0) is 12.8 Å². The van der Waals surface area contributed by atoms with E-state index in [-0.39, 0.29) is 11.8 Å². The molecular weight excluding hydrogens is 230 g/mol. The van der Waals surface area contributed by atoms with Crippen molar-refractivity contribution < 1.29 is 4.79 Å². The van der Waals surface area contributed by atoms with E-state index in [1.165, 1.54) is 19.3 Å². The Morgan fingerprint density at radius 2 is 2.08 bits per heavy atom. The highest BCUT2D eigenvalue weighted by atomic mass is 79.9. The molecule has 0 bridgehead atoms. The van der Waals surface area contributed by atoms with E-state index in [1.54, 1.807) is 0 Å². The Bertz CT molecular complexity index is 150. The van der Waals surface area contributed by atoms with Crippen LogP contribution >= 0.6 is 15.9 Å². The maximum Gasteiger partial charge on any atom is 0.220 e. The van der Waals surface area contributed by atoms with Gasteiger partial charge in [0.2, 0.25) is 5.91 Å². The molecule has 0 spiro atoms. The van der Waals surface area contributed by atoms with Gasteiger partial charge in [-0.15, -0.1) is 0 Å². The summed E-state index contributed by atoms with van der Waals surface area (Å²) in [4.78, 5) is 11.2. The molecule has 1 amide bonds. The average molecular weight is 250 g/mol. The number of primary amides is 1. The molecule has 2 N–H and O–H groups in total. The summed E-state index contributed by atoms with van der Waals surface area (Å²) in [6.07, 6.45) is 5.75. The molecule has 0 aromatic carbocycles. The molecule has 3 heteroatoms. The van der Waals surface area contributed by atoms with Gasteiger partial charge in [0.15, 0.2) is 0 Å². The van der Waals surface area contributed by atoms with Crippen molar-refractivity contribution in [1.82, 2.24) is 0 Å². The van der Waals surface area contributed by atoms with Crippen LogP contribution in [0.4, 0.5) is 0 Å². The van der Waals surface area contributed by atoms with E-state index in [0.717, 1.165) is 12.8 Å². The van der Waals surface area contributed by atoms with Crippen molar-refractivity contribution in [2.24, 2.45) is 11.7 Å². The van der Waals surface area contributed by atoms with Gasteiger partial charge in [0.25, 0.3) is 0 Å². The largest absolute Gasteiger partial charge is 0.369 e. The highest BCUT2D eigenvalue weighted by molar-refractivity contribution is 9.09. The Kier molecular flexibility index (Phi) is 7.33. The van der Waals surface area contributed by atoms with Crippen molar-refractivity contribution in [1.29, 1.82) is 0 Å². The molecule has 2 unspecified atom stereocenters. The fourth-order valence-corrected chi connectivity index (χ4v) is 2.12. The van der Waals surface area contributed by atoms with Crippen molar-refractivity contribution in [2.45, 2.75) is 50.8 Å². The smallest absolute Gasteiger partial charge is 0.220 e. The number of unbranched alkanes of at least 4 members (excludes halogenated alkanes) is 2. The van der Waals surface area contributed by atoms with Gasteiger partial charge in [0, 0.05) is 10.7 Å². The highest BCUT2D eigenvalue weighted by Crippen LogP contribution is 2.19. The minimum atomic E-state index is -0.194. The average Bonchev–Trinajstić information content (AvgIpc) is 2.04. The van der Waals surface area contributed by atoms with Crippen LogP contribution in [-0.4, -0.2) is 10.7 Å². The van der Waals surface area contributed by atoms with Crippen LogP contribution in [0, 0.1) is 5.92 Å². The first-order valence-corrected chi connectivity index (χ1v) is 5.92. The third-order valence-electron chi connectivity index (χ3n) is 2.22. The summed E-state index contributed by atoms with van der Waals surface area (Å²) in [6, 6.07) is 0. The Hall–Kier alpha value is -0.0500. The number of carbonyl (C=O) groups is 1. The second-order valence-electron chi connectivity index (χ2n) is 3.63. The summed E-state index contributed by atoms with van der Waals surface area (Å²) in [5, 5.41) is 0. The van der Waals surface area contributed by atoms with E-state index < -0.39 is 0 Å². The fraction of sp³-hybridized carbons (Fsp3) is 0.900. The summed E-state index contributed by atoms with van der Waals surface area (Å²) < 4.78 is 0. The number of alkyl halides is 1. The number of amides is 1. The van der Waals surface area contributed by atoms with Gasteiger partial charge in [-0.2, -0.15) is 0 Å². The third-order valence-corrected chi connectivity index (χ3v) is 3.05. The second-order valence-corrected chi connectivity index (χ2v) is 4.93. The van der Waals surface area contributed by atoms with Gasteiger partial charge >= 0.3 is 0 Å². The lowest BCUT2D eigenvalue weighted by Crippen LogP contribution is -2.23. The minimum absolute atomic E-state index is 0.00833. The van der Waals surface area contributed by atoms with Gasteiger partial charge in [-0.25, -0.2) is 0 Å². The lowest BCUT2D eigenvalue weighted by atomic mass is 10.0. The molecule has 0 heterocycles. The molecule has 0 aromatic heterocycles. The predicted molar refractivity (Wildman–Crippen MR) is 59.8 cm³/mol. The summed E-state index contributed by atoms with van der Waals surface area (Å²) >= 11 is 3.57. The van der Waals surface area contributed by atoms with Crippen LogP contribution in [-0.2, 0) is 4.79 Å². The van der Waals surface area contributed by atoms with E-state index in [2.05, 4.69) is 22.9 Å². The molecule has 0 aliphatic heterocycles. The van der Waals surface area contributed by atoms with Crippen molar-refractivity contribution in [3.05, 3.63) is 0 Å². The van der Waals surface area contributed by atoms with Crippen LogP contribution < -0.4 is 5.73 Å². The van der Waals surface area contributed by atoms with Crippen LogP contribution in [0.5, 0.6) is 0 Å². The molecule has 0 saturated heterocycles. The molecule has 0 aliphatic rings. The molecule has 2 atom stereocenters. The maximum atomic E-state index is 10.8. The molecule has 0 aromatic rings. The number of nitrogens with two attached hydrogens (primary N) is 1. The van der Waals surface area contributed by atoms with Gasteiger partial charge in [-0.3, -0.25) is 4.79 Å². The molecule has 0 rings (SSSR count). The number of carbonyl (C=O) groups excluding carboxylic acids is 1. The van der Waals surface area contributed by atoms with Crippen LogP contribution in [0.15, 0.2) is 0 Å². The fourth-order valence-electron chi connectivity index (χ4n) is 1.23. The van der Waals surface area contributed by atoms with Crippen molar-refractivity contribution in [2.75, 3.05) is 0 Å². The summed E-state index contributed by atoms with van der Waals surface area (Å²) in [5.41, 5.74) is 5.18. The first kappa shape index (κ1) is 12.9. The summed E-state index contributed by atoms with van der Waals surface area (Å²) in [6.45, 7) is 4.08. The topological polar surface area (TPSA) is 43.1 Å². The summed E-state index contributed by atoms with van der Waals surface area (Å²) in [7, 11) is 0. The van der Waals surface area contributed by atoms with Crippen LogP contribution in [0.1, 0.15) is 46.0 Å². The van der Waals surface area contributed by atoms with E-state index in [1.807, 2.05) is 6.92 Å². The van der Waals surface area contributed by atoms with Gasteiger partial charge in [0.05, 0.1) is 0 Å². The number of hydrogen-bond acceptors (Lipinski definition) is 1. The SMILES string of the molecule is CCCCCC(Br)CC(C)C(N)=O. The monoisotopic (exact) mass is 249 g/mol. The zero-order valence-corrected chi connectivity index (χ0v) is 10.1. The Morgan fingerprint density at radius 3 is 2.54 bits per heavy atom. The highest BCUT2D eigenvalue weighted by Gasteiger charge is 2.13. The molecule has 78 valence electrons. The van der Waals surface area contributed by atoms with Crippen LogP contribution in [0.25, 0.3) is 0 Å². The van der Waals surface area contributed by atoms with E-state index in [4.69, 9.17) is 5.73 Å². The molecule has 0 radical (unpaired) electrons. The molecule has 0 fully saturated rings. The van der Waals surface area contributed by atoms with Crippen molar-refractivity contribution >= 4 is 21.8 Å². The maximum absolute atomic E-state index is 10.8. The molecule has 0 aliphatic carbocycles. The van der Waals surface area contributed by atoms with E-state index >= 15 is 0 Å². The van der Waals surface area contributed by atoms with Gasteiger partial charge < -0.3 is 5.73 Å². The van der Waals surface area contributed by atoms with Crippen LogP contribution in [0.3, 0.4) is 0 Å². The van der Waals surface area contributed by atoms with E-state index in [9.17, 15) is 4.79 Å². The molecular formula is C10H20BrNO.